The maximum atomic E-state index is 11.1. The standard InChI is InChI=1S/C12H15N3O3/c1-4-5-9-10(12(16)17)18-11(14-9)8-6-13-15(3)7(8)2/h6H,4-5H2,1-3H3,(H,16,17). The monoisotopic (exact) mass is 249 g/mol. The molecule has 0 fully saturated rings. The zero-order valence-corrected chi connectivity index (χ0v) is 10.6. The van der Waals surface area contributed by atoms with Crippen LogP contribution in [-0.2, 0) is 13.5 Å². The number of oxazole rings is 1. The minimum absolute atomic E-state index is 0.0740. The van der Waals surface area contributed by atoms with Crippen LogP contribution in [0.5, 0.6) is 0 Å². The van der Waals surface area contributed by atoms with Gasteiger partial charge in [-0.05, 0) is 13.3 Å². The first kappa shape index (κ1) is 12.3. The van der Waals surface area contributed by atoms with E-state index in [0.717, 1.165) is 17.7 Å². The molecule has 6 heteroatoms. The lowest BCUT2D eigenvalue weighted by Crippen LogP contribution is -1.99. The molecular weight excluding hydrogens is 234 g/mol. The van der Waals surface area contributed by atoms with E-state index in [1.807, 2.05) is 20.9 Å². The van der Waals surface area contributed by atoms with E-state index in [2.05, 4.69) is 10.1 Å². The average Bonchev–Trinajstić information content (AvgIpc) is 2.86. The van der Waals surface area contributed by atoms with Crippen molar-refractivity contribution in [2.24, 2.45) is 7.05 Å². The van der Waals surface area contributed by atoms with Gasteiger partial charge in [-0.25, -0.2) is 9.78 Å². The van der Waals surface area contributed by atoms with Crippen molar-refractivity contribution in [2.45, 2.75) is 26.7 Å². The molecule has 2 heterocycles. The molecule has 6 nitrogen and oxygen atoms in total. The Morgan fingerprint density at radius 2 is 2.28 bits per heavy atom. The molecule has 0 aliphatic heterocycles. The lowest BCUT2D eigenvalue weighted by molar-refractivity contribution is 0.0661. The van der Waals surface area contributed by atoms with E-state index in [4.69, 9.17) is 9.52 Å². The van der Waals surface area contributed by atoms with E-state index in [0.29, 0.717) is 18.0 Å². The van der Waals surface area contributed by atoms with E-state index in [-0.39, 0.29) is 5.76 Å². The number of aromatic carboxylic acids is 1. The molecule has 1 N–H and O–H groups in total. The number of hydrogen-bond donors (Lipinski definition) is 1. The Labute approximate surface area is 104 Å². The van der Waals surface area contributed by atoms with Crippen molar-refractivity contribution in [2.75, 3.05) is 0 Å². The summed E-state index contributed by atoms with van der Waals surface area (Å²) in [6.07, 6.45) is 3.03. The largest absolute Gasteiger partial charge is 0.475 e. The summed E-state index contributed by atoms with van der Waals surface area (Å²) >= 11 is 0. The molecule has 2 aromatic rings. The second-order valence-electron chi connectivity index (χ2n) is 4.12. The molecule has 0 bridgehead atoms. The van der Waals surface area contributed by atoms with Crippen molar-refractivity contribution in [1.82, 2.24) is 14.8 Å². The Morgan fingerprint density at radius 1 is 1.56 bits per heavy atom. The van der Waals surface area contributed by atoms with Gasteiger partial charge in [-0.1, -0.05) is 13.3 Å². The van der Waals surface area contributed by atoms with Gasteiger partial charge in [0.05, 0.1) is 17.5 Å². The number of rotatable bonds is 4. The van der Waals surface area contributed by atoms with Gasteiger partial charge in [0.15, 0.2) is 0 Å². The van der Waals surface area contributed by atoms with Crippen LogP contribution in [0.1, 0.15) is 35.3 Å². The SMILES string of the molecule is CCCc1nc(-c2cnn(C)c2C)oc1C(=O)O. The molecular formula is C12H15N3O3. The first-order valence-electron chi connectivity index (χ1n) is 5.76. The number of hydrogen-bond acceptors (Lipinski definition) is 4. The van der Waals surface area contributed by atoms with Crippen LogP contribution in [0.2, 0.25) is 0 Å². The van der Waals surface area contributed by atoms with Gasteiger partial charge in [0.2, 0.25) is 11.7 Å². The number of aromatic nitrogens is 3. The van der Waals surface area contributed by atoms with Crippen LogP contribution in [0.25, 0.3) is 11.5 Å². The van der Waals surface area contributed by atoms with E-state index < -0.39 is 5.97 Å². The van der Waals surface area contributed by atoms with Crippen LogP contribution >= 0.6 is 0 Å². The van der Waals surface area contributed by atoms with Crippen LogP contribution in [0.3, 0.4) is 0 Å². The Hall–Kier alpha value is -2.11. The highest BCUT2D eigenvalue weighted by Gasteiger charge is 2.21. The zero-order chi connectivity index (χ0) is 13.3. The third-order valence-corrected chi connectivity index (χ3v) is 2.84. The second kappa shape index (κ2) is 4.64. The molecule has 2 rings (SSSR count). The summed E-state index contributed by atoms with van der Waals surface area (Å²) in [6.45, 7) is 3.85. The second-order valence-corrected chi connectivity index (χ2v) is 4.12. The molecule has 0 unspecified atom stereocenters. The lowest BCUT2D eigenvalue weighted by Gasteiger charge is -1.94. The predicted molar refractivity (Wildman–Crippen MR) is 64.4 cm³/mol. The van der Waals surface area contributed by atoms with Gasteiger partial charge in [-0.15, -0.1) is 0 Å². The van der Waals surface area contributed by atoms with Gasteiger partial charge < -0.3 is 9.52 Å². The molecule has 2 aromatic heterocycles. The van der Waals surface area contributed by atoms with Crippen LogP contribution in [-0.4, -0.2) is 25.8 Å². The van der Waals surface area contributed by atoms with Gasteiger partial charge >= 0.3 is 5.97 Å². The van der Waals surface area contributed by atoms with Crippen LogP contribution in [0, 0.1) is 6.92 Å². The van der Waals surface area contributed by atoms with Crippen molar-refractivity contribution < 1.29 is 14.3 Å². The topological polar surface area (TPSA) is 81.2 Å². The quantitative estimate of drug-likeness (QED) is 0.896. The molecule has 18 heavy (non-hydrogen) atoms. The maximum Gasteiger partial charge on any atom is 0.373 e. The highest BCUT2D eigenvalue weighted by Crippen LogP contribution is 2.25. The molecule has 96 valence electrons. The lowest BCUT2D eigenvalue weighted by atomic mass is 10.2. The summed E-state index contributed by atoms with van der Waals surface area (Å²) in [5.74, 6) is -0.838. The van der Waals surface area contributed by atoms with Crippen LogP contribution in [0.4, 0.5) is 0 Å². The smallest absolute Gasteiger partial charge is 0.373 e. The van der Waals surface area contributed by atoms with E-state index in [1.54, 1.807) is 10.9 Å². The third kappa shape index (κ3) is 2.01. The fraction of sp³-hybridized carbons (Fsp3) is 0.417. The molecule has 0 saturated carbocycles. The third-order valence-electron chi connectivity index (χ3n) is 2.84. The molecule has 0 amide bonds. The minimum atomic E-state index is -1.08. The fourth-order valence-corrected chi connectivity index (χ4v) is 1.75. The highest BCUT2D eigenvalue weighted by atomic mass is 16.4. The Morgan fingerprint density at radius 3 is 2.78 bits per heavy atom. The zero-order valence-electron chi connectivity index (χ0n) is 10.6. The first-order chi connectivity index (χ1) is 8.54. The van der Waals surface area contributed by atoms with Crippen molar-refractivity contribution in [1.29, 1.82) is 0 Å². The highest BCUT2D eigenvalue weighted by molar-refractivity contribution is 5.86. The molecule has 0 atom stereocenters. The normalized spacial score (nSPS) is 10.8. The summed E-state index contributed by atoms with van der Waals surface area (Å²) in [6, 6.07) is 0. The molecule has 0 aliphatic carbocycles. The van der Waals surface area contributed by atoms with Crippen molar-refractivity contribution in [3.05, 3.63) is 23.3 Å². The van der Waals surface area contributed by atoms with Gasteiger partial charge in [0, 0.05) is 12.7 Å². The van der Waals surface area contributed by atoms with Gasteiger partial charge in [-0.3, -0.25) is 4.68 Å². The van der Waals surface area contributed by atoms with E-state index >= 15 is 0 Å². The summed E-state index contributed by atoms with van der Waals surface area (Å²) in [5, 5.41) is 13.2. The number of carboxylic acid groups (broad SMARTS) is 1. The van der Waals surface area contributed by atoms with Gasteiger partial charge in [0.25, 0.3) is 0 Å². The Kier molecular flexibility index (Phi) is 3.18. The van der Waals surface area contributed by atoms with Gasteiger partial charge in [0.1, 0.15) is 0 Å². The molecule has 0 aliphatic rings. The summed E-state index contributed by atoms with van der Waals surface area (Å²) in [5.41, 5.74) is 2.10. The molecule has 0 aromatic carbocycles. The number of carboxylic acids is 1. The van der Waals surface area contributed by atoms with Crippen LogP contribution in [0.15, 0.2) is 10.6 Å². The maximum absolute atomic E-state index is 11.1. The van der Waals surface area contributed by atoms with Crippen molar-refractivity contribution in [3.63, 3.8) is 0 Å². The number of carbonyl (C=O) groups is 1. The van der Waals surface area contributed by atoms with E-state index in [1.165, 1.54) is 0 Å². The average molecular weight is 249 g/mol. The molecule has 0 spiro atoms. The number of aryl methyl sites for hydroxylation is 2. The summed E-state index contributed by atoms with van der Waals surface area (Å²) in [7, 11) is 1.81. The summed E-state index contributed by atoms with van der Waals surface area (Å²) < 4.78 is 7.04. The van der Waals surface area contributed by atoms with Gasteiger partial charge in [-0.2, -0.15) is 5.10 Å². The first-order valence-corrected chi connectivity index (χ1v) is 5.76. The van der Waals surface area contributed by atoms with Crippen LogP contribution < -0.4 is 0 Å². The Bertz CT molecular complexity index is 583. The molecule has 0 radical (unpaired) electrons. The minimum Gasteiger partial charge on any atom is -0.475 e. The fourth-order valence-electron chi connectivity index (χ4n) is 1.75. The Balaban J connectivity index is 2.49. The number of nitrogens with zero attached hydrogens (tertiary/aromatic N) is 3. The van der Waals surface area contributed by atoms with Crippen molar-refractivity contribution in [3.8, 4) is 11.5 Å². The molecule has 0 saturated heterocycles. The predicted octanol–water partition coefficient (Wildman–Crippen LogP) is 2.03. The summed E-state index contributed by atoms with van der Waals surface area (Å²) in [4.78, 5) is 15.3. The van der Waals surface area contributed by atoms with E-state index in [9.17, 15) is 4.79 Å². The van der Waals surface area contributed by atoms with Crippen molar-refractivity contribution >= 4 is 5.97 Å².